The molecular weight excluding hydrogens is 286 g/mol. The van der Waals surface area contributed by atoms with Crippen LogP contribution in [0.2, 0.25) is 0 Å². The summed E-state index contributed by atoms with van der Waals surface area (Å²) in [5, 5.41) is 3.44. The number of rotatable bonds is 3. The van der Waals surface area contributed by atoms with E-state index in [0.717, 1.165) is 10.2 Å². The third kappa shape index (κ3) is 2.76. The Morgan fingerprint density at radius 2 is 2.19 bits per heavy atom. The van der Waals surface area contributed by atoms with Crippen molar-refractivity contribution in [2.45, 2.75) is 26.3 Å². The maximum atomic E-state index is 12.3. The fraction of sp³-hybridized carbons (Fsp3) is 0.400. The van der Waals surface area contributed by atoms with Crippen molar-refractivity contribution in [3.8, 4) is 0 Å². The first-order chi connectivity index (χ1) is 10.0. The smallest absolute Gasteiger partial charge is 0.231 e. The van der Waals surface area contributed by atoms with Crippen LogP contribution in [0, 0.1) is 5.92 Å². The molecule has 0 spiro atoms. The van der Waals surface area contributed by atoms with E-state index >= 15 is 0 Å². The number of para-hydroxylation sites is 1. The number of benzene rings is 1. The van der Waals surface area contributed by atoms with E-state index in [1.807, 2.05) is 38.1 Å². The van der Waals surface area contributed by atoms with Crippen LogP contribution in [0.3, 0.4) is 0 Å². The van der Waals surface area contributed by atoms with E-state index in [9.17, 15) is 9.59 Å². The molecule has 2 aromatic rings. The number of aromatic nitrogens is 1. The van der Waals surface area contributed by atoms with Gasteiger partial charge in [-0.2, -0.15) is 0 Å². The van der Waals surface area contributed by atoms with Gasteiger partial charge in [0.05, 0.1) is 16.1 Å². The molecular formula is C15H17N3O2S. The van der Waals surface area contributed by atoms with Gasteiger partial charge in [0.25, 0.3) is 0 Å². The van der Waals surface area contributed by atoms with Gasteiger partial charge in [-0.05, 0) is 26.0 Å². The molecule has 1 saturated heterocycles. The molecule has 6 heteroatoms. The minimum atomic E-state index is -0.285. The summed E-state index contributed by atoms with van der Waals surface area (Å²) >= 11 is 1.45. The Hall–Kier alpha value is -1.95. The monoisotopic (exact) mass is 303 g/mol. The molecule has 5 nitrogen and oxygen atoms in total. The van der Waals surface area contributed by atoms with Gasteiger partial charge in [0, 0.05) is 19.0 Å². The summed E-state index contributed by atoms with van der Waals surface area (Å²) in [6, 6.07) is 7.90. The van der Waals surface area contributed by atoms with Crippen LogP contribution < -0.4 is 5.32 Å². The molecule has 1 N–H and O–H groups in total. The number of carbonyl (C=O) groups excluding carboxylic acids is 2. The lowest BCUT2D eigenvalue weighted by Gasteiger charge is -2.20. The van der Waals surface area contributed by atoms with E-state index in [0.29, 0.717) is 11.7 Å². The first-order valence-electron chi connectivity index (χ1n) is 7.00. The largest absolute Gasteiger partial charge is 0.339 e. The number of nitrogens with zero attached hydrogens (tertiary/aromatic N) is 2. The second-order valence-electron chi connectivity index (χ2n) is 5.52. The Bertz CT molecular complexity index is 662. The normalized spacial score (nSPS) is 18.7. The van der Waals surface area contributed by atoms with Crippen LogP contribution in [0.25, 0.3) is 10.2 Å². The SMILES string of the molecule is CC(C)N1C[C@H](C(=O)Nc2nc3ccccc3s2)CC1=O. The number of likely N-dealkylation sites (tertiary alicyclic amines) is 1. The molecule has 1 aliphatic rings. The highest BCUT2D eigenvalue weighted by molar-refractivity contribution is 7.22. The molecule has 110 valence electrons. The van der Waals surface area contributed by atoms with Crippen molar-refractivity contribution in [1.82, 2.24) is 9.88 Å². The van der Waals surface area contributed by atoms with E-state index in [1.165, 1.54) is 11.3 Å². The van der Waals surface area contributed by atoms with E-state index in [4.69, 9.17) is 0 Å². The Kier molecular flexibility index (Phi) is 3.63. The summed E-state index contributed by atoms with van der Waals surface area (Å²) in [4.78, 5) is 30.3. The number of hydrogen-bond acceptors (Lipinski definition) is 4. The van der Waals surface area contributed by atoms with Crippen molar-refractivity contribution in [3.05, 3.63) is 24.3 Å². The van der Waals surface area contributed by atoms with Crippen molar-refractivity contribution in [2.24, 2.45) is 5.92 Å². The lowest BCUT2D eigenvalue weighted by molar-refractivity contribution is -0.129. The zero-order valence-electron chi connectivity index (χ0n) is 12.0. The molecule has 1 aromatic heterocycles. The Morgan fingerprint density at radius 1 is 1.43 bits per heavy atom. The average Bonchev–Trinajstić information content (AvgIpc) is 3.01. The van der Waals surface area contributed by atoms with Gasteiger partial charge >= 0.3 is 0 Å². The molecule has 1 fully saturated rings. The summed E-state index contributed by atoms with van der Waals surface area (Å²) in [6.07, 6.45) is 0.287. The summed E-state index contributed by atoms with van der Waals surface area (Å²) < 4.78 is 1.04. The van der Waals surface area contributed by atoms with Crippen LogP contribution in [0.5, 0.6) is 0 Å². The number of hydrogen-bond donors (Lipinski definition) is 1. The first-order valence-corrected chi connectivity index (χ1v) is 7.82. The predicted octanol–water partition coefficient (Wildman–Crippen LogP) is 2.49. The number of nitrogens with one attached hydrogen (secondary N) is 1. The molecule has 0 bridgehead atoms. The van der Waals surface area contributed by atoms with Crippen LogP contribution >= 0.6 is 11.3 Å². The lowest BCUT2D eigenvalue weighted by atomic mass is 10.1. The Balaban J connectivity index is 1.70. The summed E-state index contributed by atoms with van der Waals surface area (Å²) in [7, 11) is 0. The molecule has 0 radical (unpaired) electrons. The van der Waals surface area contributed by atoms with Gasteiger partial charge in [0.1, 0.15) is 0 Å². The molecule has 1 aliphatic heterocycles. The Morgan fingerprint density at radius 3 is 2.86 bits per heavy atom. The molecule has 0 unspecified atom stereocenters. The summed E-state index contributed by atoms with van der Waals surface area (Å²) in [5.74, 6) is -0.355. The lowest BCUT2D eigenvalue weighted by Crippen LogP contribution is -2.33. The summed E-state index contributed by atoms with van der Waals surface area (Å²) in [5.41, 5.74) is 0.879. The molecule has 2 amide bonds. The third-order valence-electron chi connectivity index (χ3n) is 3.68. The van der Waals surface area contributed by atoms with Gasteiger partial charge in [0.15, 0.2) is 5.13 Å². The van der Waals surface area contributed by atoms with Gasteiger partial charge in [-0.3, -0.25) is 9.59 Å². The number of amides is 2. The van der Waals surface area contributed by atoms with Crippen LogP contribution in [0.15, 0.2) is 24.3 Å². The third-order valence-corrected chi connectivity index (χ3v) is 4.63. The average molecular weight is 303 g/mol. The van der Waals surface area contributed by atoms with E-state index in [1.54, 1.807) is 4.90 Å². The number of fused-ring (bicyclic) bond motifs is 1. The standard InChI is InChI=1S/C15H17N3O2S/c1-9(2)18-8-10(7-13(18)19)14(20)17-15-16-11-5-3-4-6-12(11)21-15/h3-6,9-10H,7-8H2,1-2H3,(H,16,17,20)/t10-/m1/s1. The fourth-order valence-corrected chi connectivity index (χ4v) is 3.41. The first kappa shape index (κ1) is 14.0. The van der Waals surface area contributed by atoms with Crippen LogP contribution in [-0.4, -0.2) is 34.3 Å². The zero-order valence-corrected chi connectivity index (χ0v) is 12.8. The zero-order chi connectivity index (χ0) is 15.0. The quantitative estimate of drug-likeness (QED) is 0.947. The molecule has 2 heterocycles. The molecule has 1 atom stereocenters. The number of thiazole rings is 1. The topological polar surface area (TPSA) is 62.3 Å². The van der Waals surface area contributed by atoms with Crippen molar-refractivity contribution in [3.63, 3.8) is 0 Å². The van der Waals surface area contributed by atoms with E-state index < -0.39 is 0 Å². The number of anilines is 1. The van der Waals surface area contributed by atoms with Crippen molar-refractivity contribution in [1.29, 1.82) is 0 Å². The predicted molar refractivity (Wildman–Crippen MR) is 83.2 cm³/mol. The second kappa shape index (κ2) is 5.44. The molecule has 1 aromatic carbocycles. The van der Waals surface area contributed by atoms with Crippen molar-refractivity contribution in [2.75, 3.05) is 11.9 Å². The van der Waals surface area contributed by atoms with Gasteiger partial charge in [-0.1, -0.05) is 23.5 Å². The van der Waals surface area contributed by atoms with Gasteiger partial charge in [-0.25, -0.2) is 4.98 Å². The van der Waals surface area contributed by atoms with Crippen molar-refractivity contribution >= 4 is 38.5 Å². The van der Waals surface area contributed by atoms with Crippen LogP contribution in [0.4, 0.5) is 5.13 Å². The van der Waals surface area contributed by atoms with Gasteiger partial charge in [0.2, 0.25) is 11.8 Å². The maximum Gasteiger partial charge on any atom is 0.231 e. The maximum absolute atomic E-state index is 12.3. The van der Waals surface area contributed by atoms with Crippen LogP contribution in [-0.2, 0) is 9.59 Å². The fourth-order valence-electron chi connectivity index (χ4n) is 2.54. The molecule has 21 heavy (non-hydrogen) atoms. The van der Waals surface area contributed by atoms with Crippen LogP contribution in [0.1, 0.15) is 20.3 Å². The Labute approximate surface area is 127 Å². The van der Waals surface area contributed by atoms with E-state index in [2.05, 4.69) is 10.3 Å². The highest BCUT2D eigenvalue weighted by Gasteiger charge is 2.35. The highest BCUT2D eigenvalue weighted by atomic mass is 32.1. The van der Waals surface area contributed by atoms with E-state index in [-0.39, 0.29) is 30.2 Å². The van der Waals surface area contributed by atoms with Gasteiger partial charge < -0.3 is 10.2 Å². The minimum absolute atomic E-state index is 0.0504. The highest BCUT2D eigenvalue weighted by Crippen LogP contribution is 2.27. The molecule has 3 rings (SSSR count). The van der Waals surface area contributed by atoms with Crippen molar-refractivity contribution < 1.29 is 9.59 Å². The summed E-state index contributed by atoms with van der Waals surface area (Å²) in [6.45, 7) is 4.42. The molecule has 0 saturated carbocycles. The number of carbonyl (C=O) groups is 2. The second-order valence-corrected chi connectivity index (χ2v) is 6.55. The van der Waals surface area contributed by atoms with Gasteiger partial charge in [-0.15, -0.1) is 0 Å². The molecule has 0 aliphatic carbocycles. The minimum Gasteiger partial charge on any atom is -0.339 e.